The zero-order valence-electron chi connectivity index (χ0n) is 11.0. The number of rotatable bonds is 5. The van der Waals surface area contributed by atoms with Crippen molar-refractivity contribution in [1.29, 1.82) is 0 Å². The van der Waals surface area contributed by atoms with Crippen molar-refractivity contribution in [3.8, 4) is 5.75 Å². The Morgan fingerprint density at radius 3 is 2.47 bits per heavy atom. The van der Waals surface area contributed by atoms with Gasteiger partial charge in [0.05, 0.1) is 7.11 Å². The van der Waals surface area contributed by atoms with E-state index in [9.17, 15) is 5.11 Å². The molecule has 1 aromatic carbocycles. The topological polar surface area (TPSA) is 29.5 Å². The lowest BCUT2D eigenvalue weighted by Gasteiger charge is -2.20. The number of methoxy groups -OCH3 is 1. The summed E-state index contributed by atoms with van der Waals surface area (Å²) in [6.07, 6.45) is 0.790. The maximum absolute atomic E-state index is 9.39. The SMILES string of the molecule is COc1c(C)cc(Cl)cc1CC(CO)C(C)C. The van der Waals surface area contributed by atoms with E-state index in [1.807, 2.05) is 19.1 Å². The number of halogens is 1. The lowest BCUT2D eigenvalue weighted by molar-refractivity contribution is 0.188. The summed E-state index contributed by atoms with van der Waals surface area (Å²) in [6, 6.07) is 3.83. The average Bonchev–Trinajstić information content (AvgIpc) is 2.24. The maximum atomic E-state index is 9.39. The molecule has 17 heavy (non-hydrogen) atoms. The monoisotopic (exact) mass is 256 g/mol. The number of hydrogen-bond acceptors (Lipinski definition) is 2. The fraction of sp³-hybridized carbons (Fsp3) is 0.571. The fourth-order valence-corrected chi connectivity index (χ4v) is 2.33. The van der Waals surface area contributed by atoms with Crippen LogP contribution in [0.15, 0.2) is 12.1 Å². The van der Waals surface area contributed by atoms with Gasteiger partial charge in [0, 0.05) is 11.6 Å². The molecule has 1 aromatic rings. The second-order valence-electron chi connectivity index (χ2n) is 4.81. The molecule has 0 heterocycles. The number of hydrogen-bond donors (Lipinski definition) is 1. The number of ether oxygens (including phenoxy) is 1. The summed E-state index contributed by atoms with van der Waals surface area (Å²) in [4.78, 5) is 0. The molecule has 0 saturated carbocycles. The summed E-state index contributed by atoms with van der Waals surface area (Å²) < 4.78 is 5.42. The van der Waals surface area contributed by atoms with Gasteiger partial charge in [0.1, 0.15) is 5.75 Å². The Balaban J connectivity index is 3.04. The summed E-state index contributed by atoms with van der Waals surface area (Å²) in [5.41, 5.74) is 2.11. The van der Waals surface area contributed by atoms with Crippen LogP contribution in [0.4, 0.5) is 0 Å². The van der Waals surface area contributed by atoms with Gasteiger partial charge in [0.2, 0.25) is 0 Å². The van der Waals surface area contributed by atoms with E-state index in [1.54, 1.807) is 7.11 Å². The number of aliphatic hydroxyl groups is 1. The Morgan fingerprint density at radius 1 is 1.35 bits per heavy atom. The summed E-state index contributed by atoms with van der Waals surface area (Å²) in [6.45, 7) is 6.40. The van der Waals surface area contributed by atoms with Crippen LogP contribution in [-0.4, -0.2) is 18.8 Å². The standard InChI is InChI=1S/C14H21ClO2/c1-9(2)12(8-16)6-11-7-13(15)5-10(3)14(11)17-4/h5,7,9,12,16H,6,8H2,1-4H3. The minimum absolute atomic E-state index is 0.187. The predicted molar refractivity (Wildman–Crippen MR) is 71.9 cm³/mol. The molecular weight excluding hydrogens is 236 g/mol. The van der Waals surface area contributed by atoms with E-state index in [4.69, 9.17) is 16.3 Å². The molecule has 1 unspecified atom stereocenters. The summed E-state index contributed by atoms with van der Waals surface area (Å²) in [7, 11) is 1.67. The van der Waals surface area contributed by atoms with Gasteiger partial charge in [-0.1, -0.05) is 25.4 Å². The highest BCUT2D eigenvalue weighted by Crippen LogP contribution is 2.30. The third-order valence-electron chi connectivity index (χ3n) is 3.18. The van der Waals surface area contributed by atoms with Crippen molar-refractivity contribution in [2.24, 2.45) is 11.8 Å². The molecule has 1 atom stereocenters. The zero-order chi connectivity index (χ0) is 13.0. The largest absolute Gasteiger partial charge is 0.496 e. The Kier molecular flexibility index (Phi) is 5.29. The van der Waals surface area contributed by atoms with Gasteiger partial charge in [-0.05, 0) is 48.4 Å². The molecule has 3 heteroatoms. The van der Waals surface area contributed by atoms with E-state index in [2.05, 4.69) is 13.8 Å². The van der Waals surface area contributed by atoms with E-state index < -0.39 is 0 Å². The minimum Gasteiger partial charge on any atom is -0.496 e. The molecule has 2 nitrogen and oxygen atoms in total. The van der Waals surface area contributed by atoms with Crippen molar-refractivity contribution >= 4 is 11.6 Å². The van der Waals surface area contributed by atoms with Gasteiger partial charge in [0.15, 0.2) is 0 Å². The van der Waals surface area contributed by atoms with E-state index >= 15 is 0 Å². The first-order chi connectivity index (χ1) is 7.99. The number of benzene rings is 1. The van der Waals surface area contributed by atoms with Crippen LogP contribution < -0.4 is 4.74 Å². The molecule has 0 saturated heterocycles. The molecule has 1 rings (SSSR count). The second kappa shape index (κ2) is 6.27. The third-order valence-corrected chi connectivity index (χ3v) is 3.40. The molecule has 0 spiro atoms. The Bertz CT molecular complexity index is 375. The van der Waals surface area contributed by atoms with Crippen LogP contribution >= 0.6 is 11.6 Å². The predicted octanol–water partition coefficient (Wildman–Crippen LogP) is 3.46. The smallest absolute Gasteiger partial charge is 0.125 e. The second-order valence-corrected chi connectivity index (χ2v) is 5.24. The molecule has 96 valence electrons. The highest BCUT2D eigenvalue weighted by Gasteiger charge is 2.17. The first-order valence-corrected chi connectivity index (χ1v) is 6.31. The lowest BCUT2D eigenvalue weighted by atomic mass is 9.89. The molecule has 1 N–H and O–H groups in total. The van der Waals surface area contributed by atoms with Crippen LogP contribution in [0, 0.1) is 18.8 Å². The quantitative estimate of drug-likeness (QED) is 0.874. The molecule has 0 fully saturated rings. The average molecular weight is 257 g/mol. The molecule has 0 aliphatic heterocycles. The van der Waals surface area contributed by atoms with E-state index in [0.29, 0.717) is 5.92 Å². The molecule has 0 radical (unpaired) electrons. The molecular formula is C14H21ClO2. The fourth-order valence-electron chi connectivity index (χ4n) is 2.04. The Hall–Kier alpha value is -0.730. The van der Waals surface area contributed by atoms with E-state index in [-0.39, 0.29) is 12.5 Å². The van der Waals surface area contributed by atoms with Gasteiger partial charge in [0.25, 0.3) is 0 Å². The maximum Gasteiger partial charge on any atom is 0.125 e. The molecule has 0 aromatic heterocycles. The van der Waals surface area contributed by atoms with E-state index in [1.165, 1.54) is 0 Å². The Labute approximate surface area is 109 Å². The van der Waals surface area contributed by atoms with Crippen LogP contribution in [0.5, 0.6) is 5.75 Å². The summed E-state index contributed by atoms with van der Waals surface area (Å²) >= 11 is 6.07. The van der Waals surface area contributed by atoms with Gasteiger partial charge < -0.3 is 9.84 Å². The molecule has 0 amide bonds. The van der Waals surface area contributed by atoms with Crippen molar-refractivity contribution in [2.45, 2.75) is 27.2 Å². The van der Waals surface area contributed by atoms with Gasteiger partial charge in [-0.25, -0.2) is 0 Å². The third kappa shape index (κ3) is 3.62. The van der Waals surface area contributed by atoms with Crippen LogP contribution in [0.1, 0.15) is 25.0 Å². The molecule has 0 bridgehead atoms. The van der Waals surface area contributed by atoms with E-state index in [0.717, 1.165) is 28.3 Å². The van der Waals surface area contributed by atoms with Gasteiger partial charge >= 0.3 is 0 Å². The highest BCUT2D eigenvalue weighted by atomic mass is 35.5. The van der Waals surface area contributed by atoms with Crippen LogP contribution in [0.25, 0.3) is 0 Å². The van der Waals surface area contributed by atoms with Crippen LogP contribution in [0.3, 0.4) is 0 Å². The number of aliphatic hydroxyl groups excluding tert-OH is 1. The number of aryl methyl sites for hydroxylation is 1. The summed E-state index contributed by atoms with van der Waals surface area (Å²) in [5, 5.41) is 10.1. The first-order valence-electron chi connectivity index (χ1n) is 5.93. The minimum atomic E-state index is 0.187. The van der Waals surface area contributed by atoms with Gasteiger partial charge in [-0.3, -0.25) is 0 Å². The van der Waals surface area contributed by atoms with Crippen molar-refractivity contribution in [1.82, 2.24) is 0 Å². The highest BCUT2D eigenvalue weighted by molar-refractivity contribution is 6.30. The van der Waals surface area contributed by atoms with Gasteiger partial charge in [-0.2, -0.15) is 0 Å². The van der Waals surface area contributed by atoms with Crippen LogP contribution in [-0.2, 0) is 6.42 Å². The Morgan fingerprint density at radius 2 is 2.00 bits per heavy atom. The van der Waals surface area contributed by atoms with Crippen molar-refractivity contribution in [2.75, 3.05) is 13.7 Å². The van der Waals surface area contributed by atoms with Crippen LogP contribution in [0.2, 0.25) is 5.02 Å². The lowest BCUT2D eigenvalue weighted by Crippen LogP contribution is -2.16. The summed E-state index contributed by atoms with van der Waals surface area (Å²) in [5.74, 6) is 1.55. The van der Waals surface area contributed by atoms with Crippen molar-refractivity contribution in [3.63, 3.8) is 0 Å². The first kappa shape index (κ1) is 14.3. The van der Waals surface area contributed by atoms with Crippen molar-refractivity contribution < 1.29 is 9.84 Å². The molecule has 0 aliphatic carbocycles. The molecule has 0 aliphatic rings. The zero-order valence-corrected chi connectivity index (χ0v) is 11.7. The van der Waals surface area contributed by atoms with Crippen molar-refractivity contribution in [3.05, 3.63) is 28.3 Å². The van der Waals surface area contributed by atoms with Gasteiger partial charge in [-0.15, -0.1) is 0 Å². The normalized spacial score (nSPS) is 12.9.